The standard InChI is InChI=1S/C44H57ClN4O4Si2/c1-9-54(10-2,11-3)41-47-38(45)35-39(48-41)49(42(46-35)55(12-4,13-5)14-6)40-37-36(52-43(7,8)53-37)34(51-40)30-50-44(31-24-18-15-19-25-31,32-26-20-16-21-27-32)33-28-22-17-23-29-33/h15-29,34,36-37,40H,9-14,30H2,1-8H3/t34-,36-,37-,40-/m1/s1. The third-order valence-electron chi connectivity index (χ3n) is 12.9. The van der Waals surface area contributed by atoms with E-state index >= 15 is 0 Å². The van der Waals surface area contributed by atoms with Gasteiger partial charge in [0, 0.05) is 0 Å². The summed E-state index contributed by atoms with van der Waals surface area (Å²) < 4.78 is 30.5. The van der Waals surface area contributed by atoms with Gasteiger partial charge >= 0.3 is 0 Å². The minimum atomic E-state index is -2.15. The van der Waals surface area contributed by atoms with Crippen LogP contribution >= 0.6 is 11.6 Å². The average molecular weight is 798 g/mol. The topological polar surface area (TPSA) is 80.5 Å². The Labute approximate surface area is 334 Å². The van der Waals surface area contributed by atoms with E-state index < -0.39 is 52.1 Å². The first kappa shape index (κ1) is 40.0. The molecular formula is C44H57ClN4O4Si2. The molecule has 0 bridgehead atoms. The van der Waals surface area contributed by atoms with E-state index in [2.05, 4.69) is 119 Å². The Morgan fingerprint density at radius 1 is 0.673 bits per heavy atom. The summed E-state index contributed by atoms with van der Waals surface area (Å²) in [4.78, 5) is 15.9. The van der Waals surface area contributed by atoms with E-state index in [1.165, 1.54) is 0 Å². The molecule has 2 saturated heterocycles. The monoisotopic (exact) mass is 796 g/mol. The lowest BCUT2D eigenvalue weighted by Gasteiger charge is -2.37. The summed E-state index contributed by atoms with van der Waals surface area (Å²) in [5.74, 6) is -0.831. The lowest BCUT2D eigenvalue weighted by Crippen LogP contribution is -2.53. The average Bonchev–Trinajstić information content (AvgIpc) is 3.87. The summed E-state index contributed by atoms with van der Waals surface area (Å²) in [5, 5.41) is 0.426. The van der Waals surface area contributed by atoms with Crippen molar-refractivity contribution >= 4 is 49.8 Å². The zero-order valence-corrected chi connectivity index (χ0v) is 36.5. The highest BCUT2D eigenvalue weighted by Crippen LogP contribution is 2.47. The van der Waals surface area contributed by atoms with Crippen molar-refractivity contribution in [2.45, 2.75) is 128 Å². The van der Waals surface area contributed by atoms with E-state index in [0.29, 0.717) is 10.7 Å². The first-order valence-electron chi connectivity index (χ1n) is 20.3. The molecule has 2 fully saturated rings. The largest absolute Gasteiger partial charge is 0.358 e. The van der Waals surface area contributed by atoms with Crippen LogP contribution in [0.3, 0.4) is 0 Å². The number of halogens is 1. The highest BCUT2D eigenvalue weighted by molar-refractivity contribution is 6.91. The molecule has 11 heteroatoms. The molecule has 0 saturated carbocycles. The van der Waals surface area contributed by atoms with Gasteiger partial charge < -0.3 is 18.9 Å². The summed E-state index contributed by atoms with van der Waals surface area (Å²) in [5.41, 5.74) is 5.52. The van der Waals surface area contributed by atoms with Crippen LogP contribution in [0.15, 0.2) is 91.0 Å². The molecule has 55 heavy (non-hydrogen) atoms. The molecule has 2 aromatic heterocycles. The number of fused-ring (bicyclic) bond motifs is 2. The summed E-state index contributed by atoms with van der Waals surface area (Å²) >= 11 is 7.16. The molecule has 7 rings (SSSR count). The maximum absolute atomic E-state index is 7.37. The third kappa shape index (κ3) is 6.85. The van der Waals surface area contributed by atoms with Crippen molar-refractivity contribution in [3.05, 3.63) is 113 Å². The van der Waals surface area contributed by atoms with E-state index in [4.69, 9.17) is 45.5 Å². The molecule has 3 aromatic carbocycles. The van der Waals surface area contributed by atoms with Gasteiger partial charge in [-0.2, -0.15) is 0 Å². The Bertz CT molecular complexity index is 1950. The highest BCUT2D eigenvalue weighted by Gasteiger charge is 2.58. The van der Waals surface area contributed by atoms with Crippen LogP contribution in [0.25, 0.3) is 11.2 Å². The predicted molar refractivity (Wildman–Crippen MR) is 227 cm³/mol. The van der Waals surface area contributed by atoms with E-state index in [0.717, 1.165) is 69.5 Å². The number of hydrogen-bond donors (Lipinski definition) is 0. The fourth-order valence-corrected chi connectivity index (χ4v) is 16.2. The molecule has 4 atom stereocenters. The molecule has 0 N–H and O–H groups in total. The summed E-state index contributed by atoms with van der Waals surface area (Å²) in [6, 6.07) is 37.6. The van der Waals surface area contributed by atoms with Crippen molar-refractivity contribution in [2.75, 3.05) is 6.61 Å². The number of rotatable bonds is 15. The summed E-state index contributed by atoms with van der Waals surface area (Å²) in [7, 11) is -4.17. The lowest BCUT2D eigenvalue weighted by atomic mass is 9.80. The second-order valence-electron chi connectivity index (χ2n) is 15.7. The van der Waals surface area contributed by atoms with Crippen LogP contribution in [0.1, 0.15) is 78.3 Å². The first-order chi connectivity index (χ1) is 26.6. The molecule has 0 amide bonds. The van der Waals surface area contributed by atoms with E-state index in [9.17, 15) is 0 Å². The number of benzene rings is 3. The molecule has 0 radical (unpaired) electrons. The van der Waals surface area contributed by atoms with Gasteiger partial charge in [0.15, 0.2) is 22.8 Å². The second kappa shape index (κ2) is 16.0. The Morgan fingerprint density at radius 3 is 1.62 bits per heavy atom. The minimum absolute atomic E-state index is 0.244. The Hall–Kier alpha value is -3.23. The van der Waals surface area contributed by atoms with Crippen molar-refractivity contribution in [1.29, 1.82) is 0 Å². The van der Waals surface area contributed by atoms with Crippen molar-refractivity contribution < 1.29 is 18.9 Å². The van der Waals surface area contributed by atoms with Gasteiger partial charge in [0.1, 0.15) is 51.0 Å². The number of imidazole rings is 1. The Morgan fingerprint density at radius 2 is 1.15 bits per heavy atom. The smallest absolute Gasteiger partial charge is 0.166 e. The fourth-order valence-electron chi connectivity index (χ4n) is 9.22. The molecule has 0 aliphatic carbocycles. The number of aromatic nitrogens is 4. The van der Waals surface area contributed by atoms with Crippen molar-refractivity contribution in [2.24, 2.45) is 0 Å². The zero-order chi connectivity index (χ0) is 39.0. The Balaban J connectivity index is 1.39. The minimum Gasteiger partial charge on any atom is -0.358 e. The molecule has 2 aliphatic rings. The molecule has 0 spiro atoms. The molecule has 8 nitrogen and oxygen atoms in total. The van der Waals surface area contributed by atoms with E-state index in [-0.39, 0.29) is 6.61 Å². The van der Waals surface area contributed by atoms with E-state index in [1.807, 2.05) is 32.0 Å². The highest BCUT2D eigenvalue weighted by atomic mass is 35.5. The number of hydrogen-bond acceptors (Lipinski definition) is 7. The Kier molecular flexibility index (Phi) is 11.6. The number of nitrogens with zero attached hydrogens (tertiary/aromatic N) is 4. The maximum atomic E-state index is 7.37. The van der Waals surface area contributed by atoms with Crippen molar-refractivity contribution in [3.63, 3.8) is 0 Å². The van der Waals surface area contributed by atoms with Crippen molar-refractivity contribution in [1.82, 2.24) is 19.5 Å². The van der Waals surface area contributed by atoms with Gasteiger partial charge in [0.05, 0.1) is 12.1 Å². The van der Waals surface area contributed by atoms with Gasteiger partial charge in [-0.3, -0.25) is 4.57 Å². The zero-order valence-electron chi connectivity index (χ0n) is 33.7. The predicted octanol–water partition coefficient (Wildman–Crippen LogP) is 9.34. The quantitative estimate of drug-likeness (QED) is 0.0594. The summed E-state index contributed by atoms with van der Waals surface area (Å²) in [6.07, 6.45) is -1.86. The van der Waals surface area contributed by atoms with Gasteiger partial charge in [-0.05, 0) is 30.5 Å². The molecule has 0 unspecified atom stereocenters. The van der Waals surface area contributed by atoms with Crippen LogP contribution in [0.2, 0.25) is 41.4 Å². The van der Waals surface area contributed by atoms with Crippen LogP contribution in [0.4, 0.5) is 0 Å². The van der Waals surface area contributed by atoms with Crippen LogP contribution in [0.5, 0.6) is 0 Å². The third-order valence-corrected chi connectivity index (χ3v) is 23.7. The fraction of sp³-hybridized carbons (Fsp3) is 0.477. The van der Waals surface area contributed by atoms with Gasteiger partial charge in [-0.15, -0.1) is 0 Å². The van der Waals surface area contributed by atoms with Gasteiger partial charge in [0.25, 0.3) is 0 Å². The molecule has 5 aromatic rings. The van der Waals surface area contributed by atoms with Crippen LogP contribution < -0.4 is 10.9 Å². The van der Waals surface area contributed by atoms with Crippen LogP contribution in [-0.4, -0.2) is 66.4 Å². The van der Waals surface area contributed by atoms with Crippen LogP contribution in [0, 0.1) is 0 Å². The second-order valence-corrected chi connectivity index (χ2v) is 26.3. The normalized spacial score (nSPS) is 21.3. The SMILES string of the molecule is CC[Si](CC)(CC)c1nc(Cl)c2nc([Si](CC)(CC)CC)n([C@@H]3O[C@H](COC(c4ccccc4)(c4ccccc4)c4ccccc4)[C@H]4OC(C)(C)O[C@H]43)c2n1. The molecule has 2 aliphatic heterocycles. The maximum Gasteiger partial charge on any atom is 0.166 e. The van der Waals surface area contributed by atoms with Gasteiger partial charge in [-0.1, -0.05) is 180 Å². The molecule has 292 valence electrons. The first-order valence-corrected chi connectivity index (χ1v) is 26.0. The summed E-state index contributed by atoms with van der Waals surface area (Å²) in [6.45, 7) is 17.9. The van der Waals surface area contributed by atoms with Gasteiger partial charge in [0.2, 0.25) is 0 Å². The number of ether oxygens (including phenoxy) is 4. The van der Waals surface area contributed by atoms with Crippen LogP contribution in [-0.2, 0) is 24.5 Å². The molecule has 4 heterocycles. The lowest BCUT2D eigenvalue weighted by molar-refractivity contribution is -0.204. The molecular weight excluding hydrogens is 740 g/mol. The van der Waals surface area contributed by atoms with Gasteiger partial charge in [-0.25, -0.2) is 15.0 Å². The van der Waals surface area contributed by atoms with E-state index in [1.54, 1.807) is 0 Å². The van der Waals surface area contributed by atoms with Crippen molar-refractivity contribution in [3.8, 4) is 0 Å².